The number of ether oxygens (including phenoxy) is 1. The number of rotatable bonds is 3. The Bertz CT molecular complexity index is 1260. The van der Waals surface area contributed by atoms with E-state index in [1.165, 1.54) is 0 Å². The van der Waals surface area contributed by atoms with Gasteiger partial charge in [0.1, 0.15) is 5.75 Å². The highest BCUT2D eigenvalue weighted by Crippen LogP contribution is 2.27. The molecule has 144 valence electrons. The number of nitrogens with zero attached hydrogens (tertiary/aromatic N) is 4. The van der Waals surface area contributed by atoms with Crippen molar-refractivity contribution < 1.29 is 4.74 Å². The van der Waals surface area contributed by atoms with E-state index in [1.54, 1.807) is 7.11 Å². The van der Waals surface area contributed by atoms with E-state index in [9.17, 15) is 0 Å². The molecule has 5 heteroatoms. The maximum atomic E-state index is 5.22. The molecule has 0 spiro atoms. The van der Waals surface area contributed by atoms with Crippen LogP contribution in [0.5, 0.6) is 5.75 Å². The van der Waals surface area contributed by atoms with Gasteiger partial charge in [0, 0.05) is 40.7 Å². The lowest BCUT2D eigenvalue weighted by Crippen LogP contribution is -1.92. The van der Waals surface area contributed by atoms with Gasteiger partial charge in [-0.1, -0.05) is 44.2 Å². The van der Waals surface area contributed by atoms with Crippen LogP contribution in [0.2, 0.25) is 0 Å². The molecule has 2 aromatic carbocycles. The molecule has 0 aliphatic rings. The number of hydrogen-bond donors (Lipinski definition) is 0. The molecule has 0 amide bonds. The van der Waals surface area contributed by atoms with Gasteiger partial charge in [-0.05, 0) is 29.8 Å². The summed E-state index contributed by atoms with van der Waals surface area (Å²) in [5, 5.41) is 5.60. The van der Waals surface area contributed by atoms with Crippen molar-refractivity contribution in [3.05, 3.63) is 79.4 Å². The van der Waals surface area contributed by atoms with E-state index < -0.39 is 0 Å². The zero-order valence-electron chi connectivity index (χ0n) is 16.7. The minimum atomic E-state index is 0.810. The summed E-state index contributed by atoms with van der Waals surface area (Å²) in [7, 11) is 1.66. The number of benzene rings is 2. The van der Waals surface area contributed by atoms with E-state index in [2.05, 4.69) is 27.2 Å². The summed E-state index contributed by atoms with van der Waals surface area (Å²) in [6.07, 6.45) is 7.57. The fraction of sp³-hybridized carbons (Fsp3) is 0.125. The molecule has 0 bridgehead atoms. The molecule has 3 heterocycles. The molecule has 0 aliphatic heterocycles. The largest absolute Gasteiger partial charge is 0.497 e. The molecule has 0 aliphatic carbocycles. The second-order valence-corrected chi connectivity index (χ2v) is 6.31. The van der Waals surface area contributed by atoms with Crippen molar-refractivity contribution in [3.63, 3.8) is 0 Å². The highest BCUT2D eigenvalue weighted by atomic mass is 16.5. The quantitative estimate of drug-likeness (QED) is 0.405. The highest BCUT2D eigenvalue weighted by Gasteiger charge is 2.10. The van der Waals surface area contributed by atoms with Gasteiger partial charge in [0.25, 0.3) is 0 Å². The molecule has 0 saturated heterocycles. The van der Waals surface area contributed by atoms with Gasteiger partial charge >= 0.3 is 0 Å². The summed E-state index contributed by atoms with van der Waals surface area (Å²) in [5.41, 5.74) is 5.82. The summed E-state index contributed by atoms with van der Waals surface area (Å²) in [6.45, 7) is 4.00. The third-order valence-corrected chi connectivity index (χ3v) is 4.68. The summed E-state index contributed by atoms with van der Waals surface area (Å²) < 4.78 is 7.03. The van der Waals surface area contributed by atoms with Gasteiger partial charge in [-0.3, -0.25) is 4.98 Å². The maximum Gasteiger partial charge on any atom is 0.162 e. The third-order valence-electron chi connectivity index (χ3n) is 4.68. The fourth-order valence-corrected chi connectivity index (χ4v) is 3.23. The van der Waals surface area contributed by atoms with Crippen LogP contribution in [0.4, 0.5) is 0 Å². The first-order valence-electron chi connectivity index (χ1n) is 9.65. The Kier molecular flexibility index (Phi) is 5.20. The van der Waals surface area contributed by atoms with E-state index in [0.717, 1.165) is 44.6 Å². The van der Waals surface area contributed by atoms with Gasteiger partial charge in [0.05, 0.1) is 18.8 Å². The third kappa shape index (κ3) is 3.55. The molecule has 0 N–H and O–H groups in total. The van der Waals surface area contributed by atoms with E-state index >= 15 is 0 Å². The van der Waals surface area contributed by atoms with Crippen LogP contribution in [0.3, 0.4) is 0 Å². The van der Waals surface area contributed by atoms with Crippen molar-refractivity contribution in [2.24, 2.45) is 0 Å². The van der Waals surface area contributed by atoms with E-state index in [4.69, 9.17) is 4.74 Å². The number of fused-ring (bicyclic) bond motifs is 2. The average Bonchev–Trinajstić information content (AvgIpc) is 3.23. The smallest absolute Gasteiger partial charge is 0.162 e. The Morgan fingerprint density at radius 3 is 2.34 bits per heavy atom. The first-order chi connectivity index (χ1) is 14.3. The van der Waals surface area contributed by atoms with Crippen LogP contribution in [-0.4, -0.2) is 26.7 Å². The summed E-state index contributed by atoms with van der Waals surface area (Å²) in [6, 6.07) is 18.1. The number of hydrogen-bond acceptors (Lipinski definition) is 4. The van der Waals surface area contributed by atoms with Crippen LogP contribution in [0.25, 0.3) is 38.8 Å². The van der Waals surface area contributed by atoms with Crippen LogP contribution >= 0.6 is 0 Å². The zero-order valence-corrected chi connectivity index (χ0v) is 16.7. The van der Waals surface area contributed by atoms with Crippen molar-refractivity contribution in [3.8, 4) is 28.0 Å². The first kappa shape index (κ1) is 18.6. The Labute approximate surface area is 169 Å². The first-order valence-corrected chi connectivity index (χ1v) is 9.65. The molecule has 5 rings (SSSR count). The molecule has 0 saturated carbocycles. The van der Waals surface area contributed by atoms with Crippen LogP contribution in [0.15, 0.2) is 79.4 Å². The second kappa shape index (κ2) is 8.10. The second-order valence-electron chi connectivity index (χ2n) is 6.31. The van der Waals surface area contributed by atoms with E-state index in [-0.39, 0.29) is 0 Å². The predicted octanol–water partition coefficient (Wildman–Crippen LogP) is 5.65. The molecule has 5 aromatic rings. The summed E-state index contributed by atoms with van der Waals surface area (Å²) >= 11 is 0. The van der Waals surface area contributed by atoms with Crippen molar-refractivity contribution in [2.75, 3.05) is 7.11 Å². The molecule has 0 fully saturated rings. The molecule has 0 radical (unpaired) electrons. The summed E-state index contributed by atoms with van der Waals surface area (Å²) in [4.78, 5) is 9.21. The zero-order chi connectivity index (χ0) is 20.2. The Morgan fingerprint density at radius 2 is 1.55 bits per heavy atom. The summed E-state index contributed by atoms with van der Waals surface area (Å²) in [5.74, 6) is 0.831. The van der Waals surface area contributed by atoms with Crippen molar-refractivity contribution >= 4 is 16.6 Å². The van der Waals surface area contributed by atoms with Crippen molar-refractivity contribution in [1.29, 1.82) is 0 Å². The fourth-order valence-electron chi connectivity index (χ4n) is 3.23. The van der Waals surface area contributed by atoms with Gasteiger partial charge in [0.15, 0.2) is 5.65 Å². The van der Waals surface area contributed by atoms with Gasteiger partial charge < -0.3 is 4.74 Å². The van der Waals surface area contributed by atoms with Crippen molar-refractivity contribution in [1.82, 2.24) is 19.6 Å². The Balaban J connectivity index is 0.000000994. The number of pyridine rings is 1. The van der Waals surface area contributed by atoms with Gasteiger partial charge in [-0.25, -0.2) is 9.50 Å². The van der Waals surface area contributed by atoms with Gasteiger partial charge in [-0.2, -0.15) is 5.10 Å². The SMILES string of the molecule is CC.COc1ccc(-c2cnc3c(-c4cnc5ccccc5c4)cnn3c2)cc1. The number of para-hydroxylation sites is 1. The molecular formula is C24H22N4O. The predicted molar refractivity (Wildman–Crippen MR) is 117 cm³/mol. The lowest BCUT2D eigenvalue weighted by Gasteiger charge is -2.05. The van der Waals surface area contributed by atoms with E-state index in [0.29, 0.717) is 0 Å². The van der Waals surface area contributed by atoms with Crippen LogP contribution in [0.1, 0.15) is 13.8 Å². The molecule has 3 aromatic heterocycles. The minimum Gasteiger partial charge on any atom is -0.497 e. The maximum absolute atomic E-state index is 5.22. The topological polar surface area (TPSA) is 52.3 Å². The van der Waals surface area contributed by atoms with Crippen LogP contribution < -0.4 is 4.74 Å². The normalized spacial score (nSPS) is 10.6. The molecular weight excluding hydrogens is 360 g/mol. The van der Waals surface area contributed by atoms with Crippen LogP contribution in [0, 0.1) is 0 Å². The number of aromatic nitrogens is 4. The van der Waals surface area contributed by atoms with E-state index in [1.807, 2.05) is 85.6 Å². The number of methoxy groups -OCH3 is 1. The lowest BCUT2D eigenvalue weighted by molar-refractivity contribution is 0.415. The molecule has 29 heavy (non-hydrogen) atoms. The van der Waals surface area contributed by atoms with Gasteiger partial charge in [0.2, 0.25) is 0 Å². The lowest BCUT2D eigenvalue weighted by atomic mass is 10.1. The average molecular weight is 382 g/mol. The Morgan fingerprint density at radius 1 is 0.793 bits per heavy atom. The molecule has 5 nitrogen and oxygen atoms in total. The standard InChI is InChI=1S/C22H16N4O.C2H6/c1-27-19-8-6-15(7-9-19)18-12-24-22-20(13-25-26(22)14-18)17-10-16-4-2-3-5-21(16)23-11-17;1-2/h2-14H,1H3;1-2H3. The highest BCUT2D eigenvalue weighted by molar-refractivity contribution is 5.86. The van der Waals surface area contributed by atoms with Gasteiger partial charge in [-0.15, -0.1) is 0 Å². The molecule has 0 unspecified atom stereocenters. The molecule has 0 atom stereocenters. The van der Waals surface area contributed by atoms with Crippen molar-refractivity contribution in [2.45, 2.75) is 13.8 Å². The van der Waals surface area contributed by atoms with Crippen LogP contribution in [-0.2, 0) is 0 Å². The minimum absolute atomic E-state index is 0.810. The Hall–Kier alpha value is -3.73. The monoisotopic (exact) mass is 382 g/mol.